The number of fused-ring (bicyclic) bond motifs is 1. The summed E-state index contributed by atoms with van der Waals surface area (Å²) in [5.74, 6) is -0.406. The molecular formula is C30H32ClN5O5S. The highest BCUT2D eigenvalue weighted by atomic mass is 35.5. The number of nitrogens with one attached hydrogen (secondary N) is 3. The number of H-pyrrole nitrogens is 1. The lowest BCUT2D eigenvalue weighted by atomic mass is 9.82. The molecule has 2 aromatic heterocycles. The van der Waals surface area contributed by atoms with E-state index in [0.717, 1.165) is 66.8 Å². The predicted molar refractivity (Wildman–Crippen MR) is 161 cm³/mol. The van der Waals surface area contributed by atoms with Gasteiger partial charge in [0.05, 0.1) is 21.7 Å². The van der Waals surface area contributed by atoms with Crippen molar-refractivity contribution in [2.75, 3.05) is 0 Å². The van der Waals surface area contributed by atoms with Crippen molar-refractivity contribution in [3.05, 3.63) is 99.5 Å². The third-order valence-corrected chi connectivity index (χ3v) is 9.99. The average Bonchev–Trinajstić information content (AvgIpc) is 3.38. The number of hydrogen-bond donors (Lipinski definition) is 3. The molecule has 0 aliphatic heterocycles. The molecular weight excluding hydrogens is 578 g/mol. The van der Waals surface area contributed by atoms with Crippen LogP contribution in [0.2, 0.25) is 5.02 Å². The smallest absolute Gasteiger partial charge is 0.270 e. The van der Waals surface area contributed by atoms with Gasteiger partial charge in [0.1, 0.15) is 10.4 Å². The van der Waals surface area contributed by atoms with Gasteiger partial charge in [0, 0.05) is 41.9 Å². The van der Waals surface area contributed by atoms with E-state index >= 15 is 0 Å². The summed E-state index contributed by atoms with van der Waals surface area (Å²) in [4.78, 5) is 32.2. The minimum atomic E-state index is -4.50. The van der Waals surface area contributed by atoms with Gasteiger partial charge < -0.3 is 10.3 Å². The van der Waals surface area contributed by atoms with Crippen molar-refractivity contribution in [1.29, 1.82) is 0 Å². The van der Waals surface area contributed by atoms with Crippen LogP contribution in [0.4, 0.5) is 5.69 Å². The van der Waals surface area contributed by atoms with Crippen LogP contribution in [-0.4, -0.2) is 34.8 Å². The fourth-order valence-corrected chi connectivity index (χ4v) is 7.64. The number of amides is 1. The van der Waals surface area contributed by atoms with Crippen molar-refractivity contribution in [2.45, 2.75) is 61.9 Å². The maximum Gasteiger partial charge on any atom is 0.270 e. The minimum absolute atomic E-state index is 0.00573. The highest BCUT2D eigenvalue weighted by molar-refractivity contribution is 7.89. The lowest BCUT2D eigenvalue weighted by Crippen LogP contribution is -2.59. The van der Waals surface area contributed by atoms with Crippen LogP contribution < -0.4 is 10.0 Å². The van der Waals surface area contributed by atoms with Crippen molar-refractivity contribution in [1.82, 2.24) is 20.0 Å². The summed E-state index contributed by atoms with van der Waals surface area (Å²) >= 11 is 6.23. The number of pyridine rings is 1. The van der Waals surface area contributed by atoms with Crippen LogP contribution in [-0.2, 0) is 21.2 Å². The number of hydrogen-bond acceptors (Lipinski definition) is 6. The lowest BCUT2D eigenvalue weighted by molar-refractivity contribution is -0.385. The normalized spacial score (nSPS) is 16.5. The summed E-state index contributed by atoms with van der Waals surface area (Å²) < 4.78 is 30.1. The van der Waals surface area contributed by atoms with E-state index in [0.29, 0.717) is 5.69 Å². The van der Waals surface area contributed by atoms with Gasteiger partial charge in [0.2, 0.25) is 15.9 Å². The lowest BCUT2D eigenvalue weighted by Gasteiger charge is -2.35. The summed E-state index contributed by atoms with van der Waals surface area (Å²) in [6.07, 6.45) is 8.45. The summed E-state index contributed by atoms with van der Waals surface area (Å²) in [7, 11) is -4.50. The second kappa shape index (κ2) is 12.2. The van der Waals surface area contributed by atoms with E-state index in [1.165, 1.54) is 6.92 Å². The first-order valence-corrected chi connectivity index (χ1v) is 15.7. The molecule has 42 heavy (non-hydrogen) atoms. The van der Waals surface area contributed by atoms with Crippen molar-refractivity contribution in [2.24, 2.45) is 5.92 Å². The first-order chi connectivity index (χ1) is 20.1. The topological polar surface area (TPSA) is 147 Å². The molecule has 4 aromatic rings. The number of nitro groups is 1. The molecule has 2 heterocycles. The van der Waals surface area contributed by atoms with Gasteiger partial charge in [0.15, 0.2) is 0 Å². The molecule has 2 atom stereocenters. The monoisotopic (exact) mass is 609 g/mol. The molecule has 1 fully saturated rings. The largest absolute Gasteiger partial charge is 0.361 e. The van der Waals surface area contributed by atoms with E-state index in [1.807, 2.05) is 36.4 Å². The quantitative estimate of drug-likeness (QED) is 0.152. The molecule has 12 heteroatoms. The molecule has 0 bridgehead atoms. The second-order valence-electron chi connectivity index (χ2n) is 10.9. The Morgan fingerprint density at radius 1 is 1.14 bits per heavy atom. The second-order valence-corrected chi connectivity index (χ2v) is 13.0. The highest BCUT2D eigenvalue weighted by Crippen LogP contribution is 2.35. The number of rotatable bonds is 10. The van der Waals surface area contributed by atoms with Gasteiger partial charge in [-0.05, 0) is 55.5 Å². The van der Waals surface area contributed by atoms with E-state index in [2.05, 4.69) is 20.0 Å². The Labute approximate surface area is 249 Å². The zero-order chi connectivity index (χ0) is 29.9. The van der Waals surface area contributed by atoms with Gasteiger partial charge in [-0.15, -0.1) is 0 Å². The van der Waals surface area contributed by atoms with Gasteiger partial charge in [-0.25, -0.2) is 8.42 Å². The number of nitro benzene ring substituents is 1. The Hall–Kier alpha value is -3.80. The Morgan fingerprint density at radius 2 is 1.88 bits per heavy atom. The molecule has 1 aliphatic carbocycles. The first kappa shape index (κ1) is 29.7. The highest BCUT2D eigenvalue weighted by Gasteiger charge is 2.41. The van der Waals surface area contributed by atoms with E-state index in [9.17, 15) is 23.3 Å². The molecule has 10 nitrogen and oxygen atoms in total. The molecule has 1 amide bonds. The van der Waals surface area contributed by atoms with Crippen molar-refractivity contribution in [3.63, 3.8) is 0 Å². The molecule has 2 aromatic carbocycles. The SMILES string of the molecule is CC(Cc1c[nH]c2ccccc12)(NS(=O)(=O)c1cc([N+](=O)[O-])ccc1Cl)C(=O)NC(c1ccccn1)C1CCCCC1. The van der Waals surface area contributed by atoms with Gasteiger partial charge in [0.25, 0.3) is 5.69 Å². The molecule has 2 unspecified atom stereocenters. The van der Waals surface area contributed by atoms with Crippen LogP contribution in [0, 0.1) is 16.0 Å². The van der Waals surface area contributed by atoms with Gasteiger partial charge in [-0.3, -0.25) is 19.9 Å². The van der Waals surface area contributed by atoms with Crippen molar-refractivity contribution >= 4 is 44.1 Å². The third-order valence-electron chi connectivity index (χ3n) is 7.91. The van der Waals surface area contributed by atoms with Gasteiger partial charge in [-0.1, -0.05) is 55.1 Å². The molecule has 1 aliphatic rings. The van der Waals surface area contributed by atoms with Crippen LogP contribution >= 0.6 is 11.6 Å². The van der Waals surface area contributed by atoms with Gasteiger partial charge in [-0.2, -0.15) is 4.72 Å². The van der Waals surface area contributed by atoms with Crippen molar-refractivity contribution in [3.8, 4) is 0 Å². The average molecular weight is 610 g/mol. The summed E-state index contributed by atoms with van der Waals surface area (Å²) in [5.41, 5.74) is 0.128. The Morgan fingerprint density at radius 3 is 2.60 bits per heavy atom. The first-order valence-electron chi connectivity index (χ1n) is 13.8. The number of sulfonamides is 1. The molecule has 0 saturated heterocycles. The number of nitrogens with zero attached hydrogens (tertiary/aromatic N) is 2. The Kier molecular flexibility index (Phi) is 8.63. The van der Waals surface area contributed by atoms with E-state index in [1.54, 1.807) is 18.5 Å². The van der Waals surface area contributed by atoms with Crippen LogP contribution in [0.3, 0.4) is 0 Å². The number of carbonyl (C=O) groups is 1. The number of aromatic nitrogens is 2. The van der Waals surface area contributed by atoms with E-state index < -0.39 is 43.0 Å². The summed E-state index contributed by atoms with van der Waals surface area (Å²) in [6, 6.07) is 15.8. The van der Waals surface area contributed by atoms with Gasteiger partial charge >= 0.3 is 0 Å². The standard InChI is InChI=1S/C30H32ClN5O5S/c1-30(18-21-19-33-25-12-6-5-11-23(21)25,35-42(40,41)27-17-22(36(38)39)14-15-24(27)31)29(37)34-28(20-9-3-2-4-10-20)26-13-7-8-16-32-26/h5-8,11-17,19-20,28,33,35H,2-4,9-10,18H2,1H3,(H,34,37). The zero-order valence-electron chi connectivity index (χ0n) is 23.0. The number of non-ortho nitro benzene ring substituents is 1. The van der Waals surface area contributed by atoms with E-state index in [-0.39, 0.29) is 17.4 Å². The number of benzene rings is 2. The molecule has 0 spiro atoms. The summed E-state index contributed by atoms with van der Waals surface area (Å²) in [6.45, 7) is 1.52. The number of halogens is 1. The van der Waals surface area contributed by atoms with Crippen LogP contribution in [0.25, 0.3) is 10.9 Å². The maximum atomic E-state index is 14.3. The number of para-hydroxylation sites is 1. The summed E-state index contributed by atoms with van der Waals surface area (Å²) in [5, 5.41) is 15.2. The number of aromatic amines is 1. The van der Waals surface area contributed by atoms with E-state index in [4.69, 9.17) is 11.6 Å². The Bertz CT molecular complexity index is 1710. The molecule has 220 valence electrons. The third kappa shape index (κ3) is 6.33. The predicted octanol–water partition coefficient (Wildman–Crippen LogP) is 5.84. The molecule has 1 saturated carbocycles. The van der Waals surface area contributed by atoms with Crippen molar-refractivity contribution < 1.29 is 18.1 Å². The zero-order valence-corrected chi connectivity index (χ0v) is 24.6. The van der Waals surface area contributed by atoms with Crippen LogP contribution in [0.15, 0.2) is 78.0 Å². The fourth-order valence-electron chi connectivity index (χ4n) is 5.75. The molecule has 5 rings (SSSR count). The molecule has 3 N–H and O–H groups in total. The molecule has 0 radical (unpaired) electrons. The van der Waals surface area contributed by atoms with Crippen LogP contribution in [0.1, 0.15) is 56.3 Å². The minimum Gasteiger partial charge on any atom is -0.361 e. The maximum absolute atomic E-state index is 14.3. The van der Waals surface area contributed by atoms with Crippen LogP contribution in [0.5, 0.6) is 0 Å². The Balaban J connectivity index is 1.55. The fraction of sp³-hybridized carbons (Fsp3) is 0.333. The number of carbonyl (C=O) groups excluding carboxylic acids is 1.